The zero-order chi connectivity index (χ0) is 15.2. The molecule has 1 heterocycles. The van der Waals surface area contributed by atoms with Gasteiger partial charge in [-0.2, -0.15) is 0 Å². The minimum Gasteiger partial charge on any atom is -0.317 e. The highest BCUT2D eigenvalue weighted by molar-refractivity contribution is 5.40. The Morgan fingerprint density at radius 3 is 3.05 bits per heavy atom. The third kappa shape index (κ3) is 4.47. The number of nitrogens with one attached hydrogen (secondary N) is 1. The van der Waals surface area contributed by atoms with Gasteiger partial charge in [0, 0.05) is 24.7 Å². The summed E-state index contributed by atoms with van der Waals surface area (Å²) in [5.74, 6) is 0.142. The first-order chi connectivity index (χ1) is 10.1. The van der Waals surface area contributed by atoms with E-state index in [1.165, 1.54) is 18.6 Å². The van der Waals surface area contributed by atoms with Crippen molar-refractivity contribution in [1.29, 1.82) is 0 Å². The molecule has 1 N–H and O–H groups in total. The van der Waals surface area contributed by atoms with Gasteiger partial charge in [0.2, 0.25) is 0 Å². The molecule has 5 nitrogen and oxygen atoms in total. The number of piperidine rings is 1. The Kier molecular flexibility index (Phi) is 5.64. The van der Waals surface area contributed by atoms with Gasteiger partial charge in [0.1, 0.15) is 5.82 Å². The van der Waals surface area contributed by atoms with Crippen LogP contribution < -0.4 is 5.32 Å². The van der Waals surface area contributed by atoms with Gasteiger partial charge in [-0.3, -0.25) is 15.0 Å². The number of rotatable bonds is 6. The molecule has 0 saturated carbocycles. The van der Waals surface area contributed by atoms with E-state index in [0.717, 1.165) is 38.7 Å². The number of nitro groups is 1. The molecule has 1 aliphatic rings. The standard InChI is InChI=1S/C15H22FN3O2/c1-2-17-9-12-4-3-7-18(10-12)11-13-8-14(16)5-6-15(13)19(20)21/h5-6,8,12,17H,2-4,7,9-11H2,1H3. The molecule has 0 aromatic heterocycles. The molecule has 1 aromatic rings. The highest BCUT2D eigenvalue weighted by Gasteiger charge is 2.22. The summed E-state index contributed by atoms with van der Waals surface area (Å²) in [6, 6.07) is 3.68. The monoisotopic (exact) mass is 295 g/mol. The second kappa shape index (κ2) is 7.47. The van der Waals surface area contributed by atoms with Crippen LogP contribution in [0.2, 0.25) is 0 Å². The largest absolute Gasteiger partial charge is 0.317 e. The fourth-order valence-electron chi connectivity index (χ4n) is 2.91. The van der Waals surface area contributed by atoms with E-state index in [1.807, 2.05) is 0 Å². The van der Waals surface area contributed by atoms with Crippen molar-refractivity contribution in [3.8, 4) is 0 Å². The lowest BCUT2D eigenvalue weighted by Gasteiger charge is -2.32. The summed E-state index contributed by atoms with van der Waals surface area (Å²) in [4.78, 5) is 12.8. The number of halogens is 1. The molecule has 1 atom stereocenters. The van der Waals surface area contributed by atoms with Crippen molar-refractivity contribution in [2.24, 2.45) is 5.92 Å². The molecule has 1 unspecified atom stereocenters. The SMILES string of the molecule is CCNCC1CCCN(Cc2cc(F)ccc2[N+](=O)[O-])C1. The van der Waals surface area contributed by atoms with Crippen molar-refractivity contribution < 1.29 is 9.31 Å². The van der Waals surface area contributed by atoms with E-state index in [-0.39, 0.29) is 5.69 Å². The van der Waals surface area contributed by atoms with Crippen LogP contribution in [0.5, 0.6) is 0 Å². The Morgan fingerprint density at radius 2 is 2.33 bits per heavy atom. The summed E-state index contributed by atoms with van der Waals surface area (Å²) >= 11 is 0. The average Bonchev–Trinajstić information content (AvgIpc) is 2.45. The van der Waals surface area contributed by atoms with E-state index in [4.69, 9.17) is 0 Å². The van der Waals surface area contributed by atoms with Crippen LogP contribution in [0, 0.1) is 21.8 Å². The summed E-state index contributed by atoms with van der Waals surface area (Å²) in [6.45, 7) is 6.26. The van der Waals surface area contributed by atoms with Gasteiger partial charge < -0.3 is 5.32 Å². The first-order valence-corrected chi connectivity index (χ1v) is 7.46. The van der Waals surface area contributed by atoms with E-state index in [1.54, 1.807) is 0 Å². The lowest BCUT2D eigenvalue weighted by Crippen LogP contribution is -2.39. The third-order valence-electron chi connectivity index (χ3n) is 3.92. The molecule has 0 aliphatic carbocycles. The van der Waals surface area contributed by atoms with Gasteiger partial charge >= 0.3 is 0 Å². The van der Waals surface area contributed by atoms with Crippen molar-refractivity contribution >= 4 is 5.69 Å². The fraction of sp³-hybridized carbons (Fsp3) is 0.600. The Bertz CT molecular complexity index is 496. The summed E-state index contributed by atoms with van der Waals surface area (Å²) < 4.78 is 13.4. The predicted octanol–water partition coefficient (Wildman–Crippen LogP) is 2.56. The van der Waals surface area contributed by atoms with Crippen molar-refractivity contribution in [1.82, 2.24) is 10.2 Å². The molecule has 0 bridgehead atoms. The lowest BCUT2D eigenvalue weighted by molar-refractivity contribution is -0.385. The molecule has 116 valence electrons. The quantitative estimate of drug-likeness (QED) is 0.647. The van der Waals surface area contributed by atoms with Crippen LogP contribution in [0.15, 0.2) is 18.2 Å². The highest BCUT2D eigenvalue weighted by atomic mass is 19.1. The number of nitrogens with zero attached hydrogens (tertiary/aromatic N) is 2. The van der Waals surface area contributed by atoms with Crippen LogP contribution in [-0.4, -0.2) is 36.0 Å². The van der Waals surface area contributed by atoms with Crippen LogP contribution in [-0.2, 0) is 6.54 Å². The van der Waals surface area contributed by atoms with Crippen LogP contribution >= 0.6 is 0 Å². The van der Waals surface area contributed by atoms with Gasteiger partial charge in [0.15, 0.2) is 0 Å². The number of nitro benzene ring substituents is 1. The first-order valence-electron chi connectivity index (χ1n) is 7.46. The van der Waals surface area contributed by atoms with E-state index in [2.05, 4.69) is 17.1 Å². The topological polar surface area (TPSA) is 58.4 Å². The van der Waals surface area contributed by atoms with Crippen LogP contribution in [0.25, 0.3) is 0 Å². The Morgan fingerprint density at radius 1 is 1.52 bits per heavy atom. The number of benzene rings is 1. The van der Waals surface area contributed by atoms with Crippen LogP contribution in [0.1, 0.15) is 25.3 Å². The molecule has 1 aliphatic heterocycles. The van der Waals surface area contributed by atoms with Gasteiger partial charge in [-0.1, -0.05) is 6.92 Å². The summed E-state index contributed by atoms with van der Waals surface area (Å²) in [7, 11) is 0. The zero-order valence-corrected chi connectivity index (χ0v) is 12.3. The molecule has 1 fully saturated rings. The van der Waals surface area contributed by atoms with Crippen LogP contribution in [0.4, 0.5) is 10.1 Å². The van der Waals surface area contributed by atoms with Gasteiger partial charge in [0.05, 0.1) is 4.92 Å². The van der Waals surface area contributed by atoms with Gasteiger partial charge in [-0.25, -0.2) is 4.39 Å². The lowest BCUT2D eigenvalue weighted by atomic mass is 9.97. The predicted molar refractivity (Wildman–Crippen MR) is 79.6 cm³/mol. The van der Waals surface area contributed by atoms with E-state index < -0.39 is 10.7 Å². The minimum atomic E-state index is -0.436. The maximum absolute atomic E-state index is 13.4. The van der Waals surface area contributed by atoms with E-state index in [0.29, 0.717) is 18.0 Å². The number of hydrogen-bond donors (Lipinski definition) is 1. The maximum atomic E-state index is 13.4. The summed E-state index contributed by atoms with van der Waals surface area (Å²) in [5.41, 5.74) is 0.467. The molecule has 0 radical (unpaired) electrons. The molecule has 21 heavy (non-hydrogen) atoms. The third-order valence-corrected chi connectivity index (χ3v) is 3.92. The Balaban J connectivity index is 2.03. The molecule has 1 aromatic carbocycles. The van der Waals surface area contributed by atoms with Crippen molar-refractivity contribution in [3.05, 3.63) is 39.7 Å². The molecular formula is C15H22FN3O2. The zero-order valence-electron chi connectivity index (χ0n) is 12.3. The smallest absolute Gasteiger partial charge is 0.274 e. The molecule has 0 amide bonds. The van der Waals surface area contributed by atoms with Crippen molar-refractivity contribution in [2.45, 2.75) is 26.3 Å². The number of likely N-dealkylation sites (tertiary alicyclic amines) is 1. The second-order valence-electron chi connectivity index (χ2n) is 5.58. The average molecular weight is 295 g/mol. The number of hydrogen-bond acceptors (Lipinski definition) is 4. The molecule has 6 heteroatoms. The second-order valence-corrected chi connectivity index (χ2v) is 5.58. The van der Waals surface area contributed by atoms with Crippen molar-refractivity contribution in [3.63, 3.8) is 0 Å². The molecule has 1 saturated heterocycles. The van der Waals surface area contributed by atoms with E-state index >= 15 is 0 Å². The minimum absolute atomic E-state index is 0.00482. The Labute approximate surface area is 124 Å². The van der Waals surface area contributed by atoms with Gasteiger partial charge in [0.25, 0.3) is 5.69 Å². The Hall–Kier alpha value is -1.53. The first kappa shape index (κ1) is 15.9. The normalized spacial score (nSPS) is 19.6. The van der Waals surface area contributed by atoms with Gasteiger partial charge in [-0.15, -0.1) is 0 Å². The summed E-state index contributed by atoms with van der Waals surface area (Å²) in [5, 5.41) is 14.4. The molecular weight excluding hydrogens is 273 g/mol. The molecule has 0 spiro atoms. The highest BCUT2D eigenvalue weighted by Crippen LogP contribution is 2.24. The van der Waals surface area contributed by atoms with E-state index in [9.17, 15) is 14.5 Å². The maximum Gasteiger partial charge on any atom is 0.274 e. The summed E-state index contributed by atoms with van der Waals surface area (Å²) in [6.07, 6.45) is 2.26. The fourth-order valence-corrected chi connectivity index (χ4v) is 2.91. The van der Waals surface area contributed by atoms with Gasteiger partial charge in [-0.05, 0) is 50.5 Å². The van der Waals surface area contributed by atoms with Crippen molar-refractivity contribution in [2.75, 3.05) is 26.2 Å². The van der Waals surface area contributed by atoms with Crippen LogP contribution in [0.3, 0.4) is 0 Å². The molecule has 2 rings (SSSR count).